The molecule has 0 bridgehead atoms. The number of anilines is 1. The van der Waals surface area contributed by atoms with Crippen LogP contribution in [-0.2, 0) is 4.74 Å². The van der Waals surface area contributed by atoms with Gasteiger partial charge in [-0.25, -0.2) is 4.79 Å². The van der Waals surface area contributed by atoms with E-state index in [2.05, 4.69) is 25.1 Å². The quantitative estimate of drug-likeness (QED) is 0.687. The van der Waals surface area contributed by atoms with Gasteiger partial charge in [-0.3, -0.25) is 9.78 Å². The lowest BCUT2D eigenvalue weighted by Crippen LogP contribution is -2.39. The number of H-pyrrole nitrogens is 2. The van der Waals surface area contributed by atoms with Crippen LogP contribution in [0.4, 0.5) is 5.69 Å². The van der Waals surface area contributed by atoms with Gasteiger partial charge in [0.2, 0.25) is 0 Å². The van der Waals surface area contributed by atoms with Crippen molar-refractivity contribution >= 4 is 5.69 Å². The Balaban J connectivity index is 1.63. The smallest absolute Gasteiger partial charge is 0.325 e. The number of aromatic amines is 2. The third-order valence-electron chi connectivity index (χ3n) is 4.94. The summed E-state index contributed by atoms with van der Waals surface area (Å²) in [5.74, 6) is 0.798. The molecule has 4 rings (SSSR count). The maximum absolute atomic E-state index is 12.1. The molecule has 9 heteroatoms. The summed E-state index contributed by atoms with van der Waals surface area (Å²) in [6, 6.07) is 9.64. The summed E-state index contributed by atoms with van der Waals surface area (Å²) in [6.45, 7) is 3.77. The van der Waals surface area contributed by atoms with Crippen molar-refractivity contribution in [1.82, 2.24) is 20.2 Å². The molecule has 29 heavy (non-hydrogen) atoms. The van der Waals surface area contributed by atoms with Crippen LogP contribution in [0.1, 0.15) is 17.4 Å². The summed E-state index contributed by atoms with van der Waals surface area (Å²) in [5, 5.41) is 8.35. The first-order valence-corrected chi connectivity index (χ1v) is 9.22. The molecule has 0 saturated carbocycles. The fourth-order valence-corrected chi connectivity index (χ4v) is 3.38. The second-order valence-corrected chi connectivity index (χ2v) is 6.76. The first-order valence-electron chi connectivity index (χ1n) is 9.22. The largest absolute Gasteiger partial charge is 0.497 e. The Bertz CT molecular complexity index is 1120. The Morgan fingerprint density at radius 3 is 2.72 bits per heavy atom. The molecule has 1 fully saturated rings. The maximum Gasteiger partial charge on any atom is 0.325 e. The average molecular weight is 395 g/mol. The van der Waals surface area contributed by atoms with Crippen LogP contribution in [0, 0.1) is 6.92 Å². The van der Waals surface area contributed by atoms with Gasteiger partial charge in [-0.15, -0.1) is 5.10 Å². The molecular formula is C20H21N5O4. The van der Waals surface area contributed by atoms with Crippen molar-refractivity contribution in [2.24, 2.45) is 0 Å². The number of aryl methyl sites for hydroxylation is 1. The molecule has 1 unspecified atom stereocenters. The van der Waals surface area contributed by atoms with E-state index in [0.717, 1.165) is 22.7 Å². The zero-order valence-corrected chi connectivity index (χ0v) is 16.1. The van der Waals surface area contributed by atoms with Crippen LogP contribution in [0.3, 0.4) is 0 Å². The fourth-order valence-electron chi connectivity index (χ4n) is 3.38. The van der Waals surface area contributed by atoms with Gasteiger partial charge >= 0.3 is 5.69 Å². The minimum absolute atomic E-state index is 0.0952. The molecule has 0 aliphatic carbocycles. The van der Waals surface area contributed by atoms with E-state index >= 15 is 0 Å². The summed E-state index contributed by atoms with van der Waals surface area (Å²) >= 11 is 0. The van der Waals surface area contributed by atoms with Gasteiger partial charge in [-0.2, -0.15) is 5.10 Å². The summed E-state index contributed by atoms with van der Waals surface area (Å²) in [6.07, 6.45) is 1.26. The SMILES string of the molecule is COc1ccc(C2CN(c3cc(-c4c[nH]c(=O)[nH]c4=O)nnc3C)CCO2)cc1. The lowest BCUT2D eigenvalue weighted by Gasteiger charge is -2.35. The molecular weight excluding hydrogens is 374 g/mol. The standard InChI is InChI=1S/C20H21N5O4/c1-12-17(9-16(24-23-12)15-10-21-20(27)22-19(15)26)25-7-8-29-18(11-25)13-3-5-14(28-2)6-4-13/h3-6,9-10,18H,7-8,11H2,1-2H3,(H2,21,22,26,27). The van der Waals surface area contributed by atoms with Gasteiger partial charge in [0.05, 0.1) is 30.7 Å². The van der Waals surface area contributed by atoms with Crippen molar-refractivity contribution in [1.29, 1.82) is 0 Å². The summed E-state index contributed by atoms with van der Waals surface area (Å²) in [5.41, 5.74) is 2.29. The van der Waals surface area contributed by atoms with Crippen molar-refractivity contribution in [3.8, 4) is 17.0 Å². The van der Waals surface area contributed by atoms with Gasteiger partial charge in [-0.1, -0.05) is 12.1 Å². The Labute approximate surface area is 166 Å². The molecule has 1 saturated heterocycles. The van der Waals surface area contributed by atoms with E-state index in [9.17, 15) is 9.59 Å². The normalized spacial score (nSPS) is 16.6. The molecule has 2 N–H and O–H groups in total. The summed E-state index contributed by atoms with van der Waals surface area (Å²) in [7, 11) is 1.64. The second kappa shape index (κ2) is 7.88. The molecule has 1 atom stereocenters. The second-order valence-electron chi connectivity index (χ2n) is 6.76. The Hall–Kier alpha value is -3.46. The molecule has 150 valence electrons. The number of hydrogen-bond donors (Lipinski definition) is 2. The van der Waals surface area contributed by atoms with Crippen molar-refractivity contribution < 1.29 is 9.47 Å². The maximum atomic E-state index is 12.1. The van der Waals surface area contributed by atoms with Crippen molar-refractivity contribution in [3.05, 3.63) is 68.6 Å². The van der Waals surface area contributed by atoms with Crippen LogP contribution >= 0.6 is 0 Å². The Kier molecular flexibility index (Phi) is 5.13. The van der Waals surface area contributed by atoms with Gasteiger partial charge < -0.3 is 19.4 Å². The predicted molar refractivity (Wildman–Crippen MR) is 107 cm³/mol. The minimum Gasteiger partial charge on any atom is -0.497 e. The van der Waals surface area contributed by atoms with Crippen LogP contribution in [0.15, 0.2) is 46.1 Å². The number of nitrogens with zero attached hydrogens (tertiary/aromatic N) is 3. The summed E-state index contributed by atoms with van der Waals surface area (Å²) < 4.78 is 11.2. The van der Waals surface area contributed by atoms with Gasteiger partial charge in [0.15, 0.2) is 0 Å². The van der Waals surface area contributed by atoms with E-state index < -0.39 is 11.2 Å². The Morgan fingerprint density at radius 2 is 2.00 bits per heavy atom. The third kappa shape index (κ3) is 3.90. The molecule has 1 aliphatic heterocycles. The van der Waals surface area contributed by atoms with Crippen LogP contribution in [0.5, 0.6) is 5.75 Å². The van der Waals surface area contributed by atoms with E-state index in [4.69, 9.17) is 9.47 Å². The Morgan fingerprint density at radius 1 is 1.21 bits per heavy atom. The molecule has 2 aromatic heterocycles. The first-order chi connectivity index (χ1) is 14.0. The lowest BCUT2D eigenvalue weighted by molar-refractivity contribution is 0.0397. The number of aromatic nitrogens is 4. The topological polar surface area (TPSA) is 113 Å². The molecule has 0 spiro atoms. The highest BCUT2D eigenvalue weighted by Gasteiger charge is 2.24. The van der Waals surface area contributed by atoms with Crippen LogP contribution in [0.2, 0.25) is 0 Å². The van der Waals surface area contributed by atoms with Gasteiger partial charge in [-0.05, 0) is 30.7 Å². The van der Waals surface area contributed by atoms with Gasteiger partial charge in [0.1, 0.15) is 17.5 Å². The monoisotopic (exact) mass is 395 g/mol. The molecule has 3 heterocycles. The number of morpholine rings is 1. The molecule has 0 radical (unpaired) electrons. The van der Waals surface area contributed by atoms with Crippen LogP contribution in [0.25, 0.3) is 11.3 Å². The highest BCUT2D eigenvalue weighted by molar-refractivity contribution is 5.64. The predicted octanol–water partition coefficient (Wildman–Crippen LogP) is 1.42. The summed E-state index contributed by atoms with van der Waals surface area (Å²) in [4.78, 5) is 30.2. The highest BCUT2D eigenvalue weighted by atomic mass is 16.5. The number of rotatable bonds is 4. The van der Waals surface area contributed by atoms with Crippen molar-refractivity contribution in [3.63, 3.8) is 0 Å². The highest BCUT2D eigenvalue weighted by Crippen LogP contribution is 2.29. The van der Waals surface area contributed by atoms with Crippen LogP contribution in [-0.4, -0.2) is 47.0 Å². The number of ether oxygens (including phenoxy) is 2. The zero-order chi connectivity index (χ0) is 20.4. The van der Waals surface area contributed by atoms with E-state index in [-0.39, 0.29) is 11.7 Å². The van der Waals surface area contributed by atoms with Crippen LogP contribution < -0.4 is 20.9 Å². The molecule has 3 aromatic rings. The molecule has 1 aliphatic rings. The fraction of sp³-hybridized carbons (Fsp3) is 0.300. The number of methoxy groups -OCH3 is 1. The van der Waals surface area contributed by atoms with Gasteiger partial charge in [0.25, 0.3) is 5.56 Å². The average Bonchev–Trinajstić information content (AvgIpc) is 2.74. The van der Waals surface area contributed by atoms with E-state index in [0.29, 0.717) is 25.4 Å². The first kappa shape index (κ1) is 18.9. The number of hydrogen-bond acceptors (Lipinski definition) is 7. The van der Waals surface area contributed by atoms with Gasteiger partial charge in [0, 0.05) is 19.3 Å². The van der Waals surface area contributed by atoms with E-state index in [1.54, 1.807) is 7.11 Å². The van der Waals surface area contributed by atoms with E-state index in [1.807, 2.05) is 37.3 Å². The van der Waals surface area contributed by atoms with Crippen molar-refractivity contribution in [2.75, 3.05) is 31.7 Å². The third-order valence-corrected chi connectivity index (χ3v) is 4.94. The zero-order valence-electron chi connectivity index (χ0n) is 16.1. The molecule has 1 aromatic carbocycles. The lowest BCUT2D eigenvalue weighted by atomic mass is 10.1. The van der Waals surface area contributed by atoms with E-state index in [1.165, 1.54) is 6.20 Å². The van der Waals surface area contributed by atoms with Crippen molar-refractivity contribution in [2.45, 2.75) is 13.0 Å². The number of benzene rings is 1. The molecule has 9 nitrogen and oxygen atoms in total. The minimum atomic E-state index is -0.561. The number of nitrogens with one attached hydrogen (secondary N) is 2. The molecule has 0 amide bonds.